The van der Waals surface area contributed by atoms with Crippen molar-refractivity contribution in [3.8, 4) is 5.88 Å². The van der Waals surface area contributed by atoms with E-state index >= 15 is 0 Å². The van der Waals surface area contributed by atoms with E-state index in [-0.39, 0.29) is 17.5 Å². The zero-order valence-corrected chi connectivity index (χ0v) is 19.3. The Hall–Kier alpha value is -2.58. The Bertz CT molecular complexity index is 1090. The first-order valence-electron chi connectivity index (χ1n) is 9.95. The number of aromatic nitrogens is 1. The smallest absolute Gasteiger partial charge is 0.257 e. The zero-order valence-electron chi connectivity index (χ0n) is 17.7. The van der Waals surface area contributed by atoms with E-state index in [0.29, 0.717) is 5.82 Å². The summed E-state index contributed by atoms with van der Waals surface area (Å²) in [6.07, 6.45) is 4.48. The van der Waals surface area contributed by atoms with Crippen LogP contribution in [0, 0.1) is 0 Å². The van der Waals surface area contributed by atoms with Crippen LogP contribution in [-0.4, -0.2) is 45.3 Å². The summed E-state index contributed by atoms with van der Waals surface area (Å²) in [6, 6.07) is 10.9. The van der Waals surface area contributed by atoms with Gasteiger partial charge in [0.05, 0.1) is 13.2 Å². The van der Waals surface area contributed by atoms with Gasteiger partial charge in [0.25, 0.3) is 5.91 Å². The maximum Gasteiger partial charge on any atom is 0.257 e. The normalized spacial score (nSPS) is 17.7. The Morgan fingerprint density at radius 3 is 2.74 bits per heavy atom. The maximum atomic E-state index is 12.7. The second-order valence-electron chi connectivity index (χ2n) is 7.52. The second-order valence-corrected chi connectivity index (χ2v) is 9.86. The van der Waals surface area contributed by atoms with Gasteiger partial charge in [-0.05, 0) is 43.5 Å². The SMILES string of the molecule is COc1nc(N2CCC[C@H]2c2ccccc2Cl)ccc1C(=O)N[C@H](C)/C=C/S(C)(=O)=O. The Kier molecular flexibility index (Phi) is 7.23. The Balaban J connectivity index is 1.82. The van der Waals surface area contributed by atoms with Crippen molar-refractivity contribution < 1.29 is 17.9 Å². The molecule has 0 bridgehead atoms. The molecule has 0 spiro atoms. The molecule has 0 aliphatic carbocycles. The summed E-state index contributed by atoms with van der Waals surface area (Å²) in [7, 11) is -1.80. The molecule has 2 heterocycles. The van der Waals surface area contributed by atoms with Gasteiger partial charge < -0.3 is 15.0 Å². The molecular formula is C22H26ClN3O4S. The summed E-state index contributed by atoms with van der Waals surface area (Å²) in [5.41, 5.74) is 1.33. The summed E-state index contributed by atoms with van der Waals surface area (Å²) in [4.78, 5) is 19.4. The van der Waals surface area contributed by atoms with Gasteiger partial charge in [0.15, 0.2) is 9.84 Å². The molecule has 0 unspecified atom stereocenters. The highest BCUT2D eigenvalue weighted by molar-refractivity contribution is 7.93. The summed E-state index contributed by atoms with van der Waals surface area (Å²) < 4.78 is 27.9. The van der Waals surface area contributed by atoms with Crippen molar-refractivity contribution in [1.82, 2.24) is 10.3 Å². The van der Waals surface area contributed by atoms with Crippen molar-refractivity contribution in [2.75, 3.05) is 24.8 Å². The highest BCUT2D eigenvalue weighted by atomic mass is 35.5. The van der Waals surface area contributed by atoms with Crippen LogP contribution in [0.15, 0.2) is 47.9 Å². The van der Waals surface area contributed by atoms with E-state index in [1.54, 1.807) is 19.1 Å². The average Bonchev–Trinajstić information content (AvgIpc) is 3.21. The number of pyridine rings is 1. The first-order valence-corrected chi connectivity index (χ1v) is 12.3. The van der Waals surface area contributed by atoms with Crippen molar-refractivity contribution in [3.05, 3.63) is 64.0 Å². The van der Waals surface area contributed by atoms with Crippen molar-refractivity contribution >= 4 is 33.2 Å². The van der Waals surface area contributed by atoms with Crippen LogP contribution in [0.5, 0.6) is 5.88 Å². The van der Waals surface area contributed by atoms with E-state index in [1.807, 2.05) is 24.3 Å². The number of carbonyl (C=O) groups is 1. The van der Waals surface area contributed by atoms with Crippen molar-refractivity contribution in [2.45, 2.75) is 31.8 Å². The molecule has 1 saturated heterocycles. The molecule has 3 rings (SSSR count). The maximum absolute atomic E-state index is 12.7. The third-order valence-corrected chi connectivity index (χ3v) is 6.06. The highest BCUT2D eigenvalue weighted by Crippen LogP contribution is 2.38. The lowest BCUT2D eigenvalue weighted by Crippen LogP contribution is -2.32. The number of nitrogens with zero attached hydrogens (tertiary/aromatic N) is 2. The number of sulfone groups is 1. The Labute approximate surface area is 188 Å². The molecular weight excluding hydrogens is 438 g/mol. The van der Waals surface area contributed by atoms with Crippen LogP contribution in [0.25, 0.3) is 0 Å². The molecule has 1 fully saturated rings. The first-order chi connectivity index (χ1) is 14.7. The fourth-order valence-electron chi connectivity index (χ4n) is 3.62. The Morgan fingerprint density at radius 2 is 2.06 bits per heavy atom. The molecule has 9 heteroatoms. The summed E-state index contributed by atoms with van der Waals surface area (Å²) in [5, 5.41) is 4.52. The van der Waals surface area contributed by atoms with Crippen molar-refractivity contribution in [1.29, 1.82) is 0 Å². The molecule has 1 aromatic carbocycles. The van der Waals surface area contributed by atoms with Crippen LogP contribution in [0.2, 0.25) is 5.02 Å². The molecule has 1 aliphatic rings. The van der Waals surface area contributed by atoms with Gasteiger partial charge in [-0.15, -0.1) is 0 Å². The van der Waals surface area contributed by atoms with E-state index in [0.717, 1.165) is 41.6 Å². The van der Waals surface area contributed by atoms with Crippen LogP contribution in [0.1, 0.15) is 41.7 Å². The van der Waals surface area contributed by atoms with Gasteiger partial charge in [0, 0.05) is 29.3 Å². The Morgan fingerprint density at radius 1 is 1.32 bits per heavy atom. The largest absolute Gasteiger partial charge is 0.480 e. The van der Waals surface area contributed by atoms with Crippen molar-refractivity contribution in [2.24, 2.45) is 0 Å². The molecule has 2 aromatic rings. The third kappa shape index (κ3) is 5.77. The van der Waals surface area contributed by atoms with Crippen molar-refractivity contribution in [3.63, 3.8) is 0 Å². The summed E-state index contributed by atoms with van der Waals surface area (Å²) in [5.74, 6) is 0.519. The number of amides is 1. The average molecular weight is 464 g/mol. The van der Waals surface area contributed by atoms with Crippen LogP contribution in [-0.2, 0) is 9.84 Å². The van der Waals surface area contributed by atoms with E-state index in [9.17, 15) is 13.2 Å². The highest BCUT2D eigenvalue weighted by Gasteiger charge is 2.29. The summed E-state index contributed by atoms with van der Waals surface area (Å²) in [6.45, 7) is 2.51. The van der Waals surface area contributed by atoms with Crippen LogP contribution < -0.4 is 15.0 Å². The molecule has 31 heavy (non-hydrogen) atoms. The molecule has 1 aromatic heterocycles. The van der Waals surface area contributed by atoms with Gasteiger partial charge in [-0.1, -0.05) is 35.9 Å². The molecule has 166 valence electrons. The summed E-state index contributed by atoms with van der Waals surface area (Å²) >= 11 is 6.42. The fourth-order valence-corrected chi connectivity index (χ4v) is 4.40. The minimum absolute atomic E-state index is 0.103. The molecule has 0 saturated carbocycles. The minimum atomic E-state index is -3.26. The van der Waals surface area contributed by atoms with Gasteiger partial charge in [0.2, 0.25) is 5.88 Å². The first kappa shape index (κ1) is 23.1. The van der Waals surface area contributed by atoms with Gasteiger partial charge in [-0.3, -0.25) is 4.79 Å². The number of hydrogen-bond acceptors (Lipinski definition) is 6. The number of methoxy groups -OCH3 is 1. The van der Waals surface area contributed by atoms with Gasteiger partial charge in [-0.2, -0.15) is 4.98 Å². The van der Waals surface area contributed by atoms with E-state index in [2.05, 4.69) is 15.2 Å². The second kappa shape index (κ2) is 9.70. The number of nitrogens with one attached hydrogen (secondary N) is 1. The quantitative estimate of drug-likeness (QED) is 0.672. The number of carbonyl (C=O) groups excluding carboxylic acids is 1. The molecule has 1 N–H and O–H groups in total. The lowest BCUT2D eigenvalue weighted by molar-refractivity contribution is 0.0943. The van der Waals surface area contributed by atoms with E-state index in [1.165, 1.54) is 13.2 Å². The molecule has 1 amide bonds. The van der Waals surface area contributed by atoms with Gasteiger partial charge in [-0.25, -0.2) is 8.42 Å². The van der Waals surface area contributed by atoms with E-state index < -0.39 is 21.8 Å². The van der Waals surface area contributed by atoms with Gasteiger partial charge >= 0.3 is 0 Å². The number of ether oxygens (including phenoxy) is 1. The zero-order chi connectivity index (χ0) is 22.6. The topological polar surface area (TPSA) is 88.6 Å². The fraction of sp³-hybridized carbons (Fsp3) is 0.364. The standard InChI is InChI=1S/C22H26ClN3O4S/c1-15(12-14-31(3,28)29)24-21(27)17-10-11-20(25-22(17)30-2)26-13-6-9-19(26)16-7-4-5-8-18(16)23/h4-5,7-8,10-12,14-15,19H,6,9,13H2,1-3H3,(H,24,27)/b14-12+/t15-,19+/m1/s1. The van der Waals surface area contributed by atoms with Crippen LogP contribution in [0.3, 0.4) is 0 Å². The predicted octanol–water partition coefficient (Wildman–Crippen LogP) is 3.76. The lowest BCUT2D eigenvalue weighted by atomic mass is 10.0. The number of benzene rings is 1. The third-order valence-electron chi connectivity index (χ3n) is 5.07. The molecule has 1 aliphatic heterocycles. The van der Waals surface area contributed by atoms with Crippen LogP contribution in [0.4, 0.5) is 5.82 Å². The predicted molar refractivity (Wildman–Crippen MR) is 122 cm³/mol. The number of hydrogen-bond donors (Lipinski definition) is 1. The molecule has 7 nitrogen and oxygen atoms in total. The number of anilines is 1. The number of halogens is 1. The molecule has 0 radical (unpaired) electrons. The monoisotopic (exact) mass is 463 g/mol. The molecule has 2 atom stereocenters. The minimum Gasteiger partial charge on any atom is -0.480 e. The van der Waals surface area contributed by atoms with E-state index in [4.69, 9.17) is 16.3 Å². The van der Waals surface area contributed by atoms with Gasteiger partial charge in [0.1, 0.15) is 11.4 Å². The lowest BCUT2D eigenvalue weighted by Gasteiger charge is -2.27. The number of rotatable bonds is 7. The van der Waals surface area contributed by atoms with Crippen LogP contribution >= 0.6 is 11.6 Å².